The molecule has 0 fully saturated rings. The van der Waals surface area contributed by atoms with Gasteiger partial charge in [0.05, 0.1) is 9.79 Å². The SMILES string of the molecule is O=C(CCS(Cc1ccccc1)=NS(=O)(=O)c1ccc(Cl)cc1)CCS(Cc1ccccc1)=NS(=O)(=O)c1ccc(Cl)cc1. The van der Waals surface area contributed by atoms with Crippen LogP contribution in [0.1, 0.15) is 24.0 Å². The predicted molar refractivity (Wildman–Crippen MR) is 181 cm³/mol. The number of nitrogens with zero attached hydrogens (tertiary/aromatic N) is 2. The molecule has 0 radical (unpaired) electrons. The Hall–Kier alpha value is -2.67. The molecule has 2 unspecified atom stereocenters. The number of carbonyl (C=O) groups is 1. The second kappa shape index (κ2) is 16.1. The molecule has 0 aromatic heterocycles. The quantitative estimate of drug-likeness (QED) is 0.135. The van der Waals surface area contributed by atoms with Gasteiger partial charge < -0.3 is 0 Å². The normalized spacial score (nSPS) is 13.5. The van der Waals surface area contributed by atoms with Crippen molar-refractivity contribution in [3.63, 3.8) is 0 Å². The minimum absolute atomic E-state index is 0.0345. The van der Waals surface area contributed by atoms with Crippen LogP contribution in [0.4, 0.5) is 0 Å². The lowest BCUT2D eigenvalue weighted by Crippen LogP contribution is -2.13. The third kappa shape index (κ3) is 10.7. The van der Waals surface area contributed by atoms with E-state index in [4.69, 9.17) is 23.2 Å². The lowest BCUT2D eigenvalue weighted by atomic mass is 10.2. The number of rotatable bonds is 14. The van der Waals surface area contributed by atoms with Crippen molar-refractivity contribution < 1.29 is 21.6 Å². The van der Waals surface area contributed by atoms with Crippen molar-refractivity contribution in [3.05, 3.63) is 130 Å². The van der Waals surface area contributed by atoms with Gasteiger partial charge in [0.25, 0.3) is 20.0 Å². The number of halogens is 2. The summed E-state index contributed by atoms with van der Waals surface area (Å²) < 4.78 is 60.8. The van der Waals surface area contributed by atoms with Gasteiger partial charge in [0.2, 0.25) is 0 Å². The van der Waals surface area contributed by atoms with E-state index in [2.05, 4.69) is 7.54 Å². The van der Waals surface area contributed by atoms with E-state index in [0.29, 0.717) is 21.6 Å². The Morgan fingerprint density at radius 3 is 1.23 bits per heavy atom. The van der Waals surface area contributed by atoms with E-state index < -0.39 is 41.4 Å². The summed E-state index contributed by atoms with van der Waals surface area (Å²) in [6.07, 6.45) is 0.199. The van der Waals surface area contributed by atoms with E-state index in [1.807, 2.05) is 60.7 Å². The lowest BCUT2D eigenvalue weighted by molar-refractivity contribution is -0.118. The van der Waals surface area contributed by atoms with Gasteiger partial charge in [-0.25, -0.2) is 0 Å². The van der Waals surface area contributed by atoms with Gasteiger partial charge in [-0.15, -0.1) is 7.54 Å². The summed E-state index contributed by atoms with van der Waals surface area (Å²) in [5, 5.41) is 0.827. The zero-order valence-electron chi connectivity index (χ0n) is 23.5. The first-order valence-corrected chi connectivity index (χ1v) is 20.1. The number of hydrogen-bond acceptors (Lipinski definition) is 5. The predicted octanol–water partition coefficient (Wildman–Crippen LogP) is 7.42. The highest BCUT2D eigenvalue weighted by molar-refractivity contribution is 8.00. The van der Waals surface area contributed by atoms with Gasteiger partial charge in [0, 0.05) is 45.9 Å². The molecule has 0 amide bonds. The molecule has 7 nitrogen and oxygen atoms in total. The fraction of sp³-hybridized carbons (Fsp3) is 0.194. The summed E-state index contributed by atoms with van der Waals surface area (Å²) in [7, 11) is -9.96. The average molecular weight is 710 g/mol. The lowest BCUT2D eigenvalue weighted by Gasteiger charge is -2.11. The second-order valence-corrected chi connectivity index (χ2v) is 17.8. The molecule has 0 saturated heterocycles. The van der Waals surface area contributed by atoms with Crippen LogP contribution < -0.4 is 0 Å². The topological polar surface area (TPSA) is 110 Å². The summed E-state index contributed by atoms with van der Waals surface area (Å²) in [5.41, 5.74) is 1.82. The Bertz CT molecular complexity index is 1710. The average Bonchev–Trinajstić information content (AvgIpc) is 3.00. The molecule has 0 aliphatic heterocycles. The zero-order chi connectivity index (χ0) is 31.6. The Morgan fingerprint density at radius 1 is 0.545 bits per heavy atom. The highest BCUT2D eigenvalue weighted by atomic mass is 35.5. The monoisotopic (exact) mass is 708 g/mol. The maximum atomic E-state index is 13.1. The summed E-state index contributed by atoms with van der Waals surface area (Å²) >= 11 is 11.8. The molecule has 4 rings (SSSR count). The third-order valence-corrected chi connectivity index (χ3v) is 14.4. The van der Waals surface area contributed by atoms with Crippen LogP contribution in [-0.4, -0.2) is 34.1 Å². The van der Waals surface area contributed by atoms with Crippen molar-refractivity contribution in [1.82, 2.24) is 0 Å². The molecule has 0 N–H and O–H groups in total. The fourth-order valence-corrected chi connectivity index (χ4v) is 11.5. The largest absolute Gasteiger partial charge is 0.300 e. The van der Waals surface area contributed by atoms with Crippen LogP contribution in [0.5, 0.6) is 0 Å². The molecule has 0 aliphatic carbocycles. The molecule has 0 saturated carbocycles. The van der Waals surface area contributed by atoms with E-state index in [-0.39, 0.29) is 39.9 Å². The number of carbonyl (C=O) groups excluding carboxylic acids is 1. The van der Waals surface area contributed by atoms with Crippen LogP contribution >= 0.6 is 23.2 Å². The standard InChI is InChI=1S/C31H30Cl2N2O5S4/c32-27-11-15-30(16-12-27)43(37,38)34-41(23-25-7-3-1-4-8-25)21-19-29(36)20-22-42(24-26-9-5-2-6-10-26)35-44(39,40)31-17-13-28(33)14-18-31/h1-18H,19-24H2. The van der Waals surface area contributed by atoms with Gasteiger partial charge in [-0.05, 0) is 59.7 Å². The molecule has 232 valence electrons. The van der Waals surface area contributed by atoms with Crippen LogP contribution in [0.2, 0.25) is 10.0 Å². The molecule has 4 aromatic rings. The van der Waals surface area contributed by atoms with Crippen molar-refractivity contribution in [2.24, 2.45) is 7.54 Å². The number of benzene rings is 4. The van der Waals surface area contributed by atoms with Gasteiger partial charge in [-0.1, -0.05) is 105 Å². The van der Waals surface area contributed by atoms with Gasteiger partial charge in [0.15, 0.2) is 0 Å². The van der Waals surface area contributed by atoms with Crippen LogP contribution in [0.3, 0.4) is 0 Å². The van der Waals surface area contributed by atoms with Crippen molar-refractivity contribution in [1.29, 1.82) is 0 Å². The minimum atomic E-state index is -3.98. The maximum absolute atomic E-state index is 13.1. The Labute approximate surface area is 274 Å². The summed E-state index contributed by atoms with van der Waals surface area (Å²) in [5.74, 6) is 1.11. The van der Waals surface area contributed by atoms with Crippen LogP contribution in [0, 0.1) is 0 Å². The van der Waals surface area contributed by atoms with E-state index in [1.165, 1.54) is 48.5 Å². The number of sulfonamides is 2. The van der Waals surface area contributed by atoms with E-state index in [1.54, 1.807) is 0 Å². The zero-order valence-corrected chi connectivity index (χ0v) is 28.2. The van der Waals surface area contributed by atoms with Gasteiger partial charge in [0.1, 0.15) is 5.78 Å². The first-order chi connectivity index (χ1) is 21.0. The molecule has 0 aliphatic rings. The molecular weight excluding hydrogens is 680 g/mol. The van der Waals surface area contributed by atoms with E-state index >= 15 is 0 Å². The molecular formula is C31H30Cl2N2O5S4. The highest BCUT2D eigenvalue weighted by Crippen LogP contribution is 2.20. The van der Waals surface area contributed by atoms with E-state index in [9.17, 15) is 21.6 Å². The van der Waals surface area contributed by atoms with Crippen molar-refractivity contribution in [2.45, 2.75) is 34.1 Å². The van der Waals surface area contributed by atoms with Crippen molar-refractivity contribution in [3.8, 4) is 0 Å². The number of ketones is 1. The van der Waals surface area contributed by atoms with Gasteiger partial charge in [-0.3, -0.25) is 4.79 Å². The number of Topliss-reactive ketones (excluding diaryl/α,β-unsaturated/α-hetero) is 1. The third-order valence-electron chi connectivity index (χ3n) is 6.22. The molecule has 44 heavy (non-hydrogen) atoms. The smallest absolute Gasteiger partial charge is 0.287 e. The Kier molecular flexibility index (Phi) is 12.5. The second-order valence-electron chi connectivity index (χ2n) is 9.64. The van der Waals surface area contributed by atoms with Gasteiger partial charge in [-0.2, -0.15) is 16.8 Å². The van der Waals surface area contributed by atoms with Crippen LogP contribution in [0.25, 0.3) is 0 Å². The molecule has 0 bridgehead atoms. The molecule has 0 spiro atoms. The molecule has 13 heteroatoms. The molecule has 2 atom stereocenters. The summed E-state index contributed by atoms with van der Waals surface area (Å²) in [6, 6.07) is 30.4. The Balaban J connectivity index is 1.50. The van der Waals surface area contributed by atoms with Crippen molar-refractivity contribution >= 4 is 70.4 Å². The van der Waals surface area contributed by atoms with Crippen molar-refractivity contribution in [2.75, 3.05) is 11.5 Å². The van der Waals surface area contributed by atoms with Crippen LogP contribution in [0.15, 0.2) is 127 Å². The summed E-state index contributed by atoms with van der Waals surface area (Å²) in [6.45, 7) is 0. The molecule has 0 heterocycles. The van der Waals surface area contributed by atoms with E-state index in [0.717, 1.165) is 11.1 Å². The fourth-order valence-electron chi connectivity index (χ4n) is 3.97. The van der Waals surface area contributed by atoms with Gasteiger partial charge >= 0.3 is 0 Å². The first-order valence-electron chi connectivity index (χ1n) is 13.4. The maximum Gasteiger partial charge on any atom is 0.287 e. The Morgan fingerprint density at radius 2 is 0.886 bits per heavy atom. The molecule has 4 aromatic carbocycles. The number of hydrogen-bond donors (Lipinski definition) is 0. The summed E-state index contributed by atoms with van der Waals surface area (Å²) in [4.78, 5) is 13.2. The first kappa shape index (κ1) is 34.2. The van der Waals surface area contributed by atoms with Crippen LogP contribution in [-0.2, 0) is 57.7 Å². The minimum Gasteiger partial charge on any atom is -0.300 e. The highest BCUT2D eigenvalue weighted by Gasteiger charge is 2.18.